The van der Waals surface area contributed by atoms with Crippen molar-refractivity contribution >= 4 is 11.6 Å². The molecular formula is C23H22N2O5. The minimum Gasteiger partial charge on any atom is -0.493 e. The molecule has 0 saturated heterocycles. The summed E-state index contributed by atoms with van der Waals surface area (Å²) in [4.78, 5) is 25.0. The highest BCUT2D eigenvalue weighted by Crippen LogP contribution is 2.32. The van der Waals surface area contributed by atoms with E-state index in [1.54, 1.807) is 11.9 Å². The van der Waals surface area contributed by atoms with E-state index in [1.807, 2.05) is 60.7 Å². The number of ether oxygens (including phenoxy) is 2. The Morgan fingerprint density at radius 3 is 2.03 bits per heavy atom. The number of carbonyl (C=O) groups is 1. The molecule has 0 heterocycles. The standard InChI is InChI=1S/C23H22N2O5/c1-24(23(17-9-5-3-6-10-17)18-11-7-4-8-12-18)22(26)16-30-20-14-13-19(25(27)28)15-21(20)29-2/h3-15,23H,16H2,1-2H3. The first-order chi connectivity index (χ1) is 14.5. The van der Waals surface area contributed by atoms with Crippen molar-refractivity contribution < 1.29 is 19.2 Å². The number of nitro benzene ring substituents is 1. The van der Waals surface area contributed by atoms with Gasteiger partial charge in [-0.25, -0.2) is 0 Å². The van der Waals surface area contributed by atoms with Crippen LogP contribution in [-0.4, -0.2) is 36.5 Å². The van der Waals surface area contributed by atoms with Crippen LogP contribution in [0.25, 0.3) is 0 Å². The monoisotopic (exact) mass is 406 g/mol. The maximum absolute atomic E-state index is 12.9. The Kier molecular flexibility index (Phi) is 6.64. The lowest BCUT2D eigenvalue weighted by molar-refractivity contribution is -0.384. The molecule has 0 spiro atoms. The predicted octanol–water partition coefficient (Wildman–Crippen LogP) is 4.23. The van der Waals surface area contributed by atoms with Gasteiger partial charge in [-0.1, -0.05) is 60.7 Å². The van der Waals surface area contributed by atoms with Crippen LogP contribution in [0, 0.1) is 10.1 Å². The highest BCUT2D eigenvalue weighted by Gasteiger charge is 2.24. The number of likely N-dealkylation sites (N-methyl/N-ethyl adjacent to an activating group) is 1. The molecule has 3 aromatic carbocycles. The van der Waals surface area contributed by atoms with E-state index >= 15 is 0 Å². The molecule has 0 bridgehead atoms. The zero-order valence-corrected chi connectivity index (χ0v) is 16.7. The smallest absolute Gasteiger partial charge is 0.273 e. The van der Waals surface area contributed by atoms with Crippen LogP contribution in [0.3, 0.4) is 0 Å². The number of benzene rings is 3. The van der Waals surface area contributed by atoms with Gasteiger partial charge in [0, 0.05) is 13.1 Å². The SMILES string of the molecule is COc1cc([N+](=O)[O-])ccc1OCC(=O)N(C)C(c1ccccc1)c1ccccc1. The highest BCUT2D eigenvalue weighted by atomic mass is 16.6. The Hall–Kier alpha value is -3.87. The molecule has 154 valence electrons. The van der Waals surface area contributed by atoms with Crippen molar-refractivity contribution in [2.24, 2.45) is 0 Å². The molecule has 30 heavy (non-hydrogen) atoms. The molecule has 7 heteroatoms. The molecule has 3 aromatic rings. The van der Waals surface area contributed by atoms with Crippen molar-refractivity contribution in [1.82, 2.24) is 4.90 Å². The quantitative estimate of drug-likeness (QED) is 0.413. The van der Waals surface area contributed by atoms with E-state index in [-0.39, 0.29) is 35.7 Å². The molecule has 0 aliphatic carbocycles. The van der Waals surface area contributed by atoms with Gasteiger partial charge in [-0.2, -0.15) is 0 Å². The van der Waals surface area contributed by atoms with E-state index in [2.05, 4.69) is 0 Å². The van der Waals surface area contributed by atoms with E-state index in [1.165, 1.54) is 25.3 Å². The van der Waals surface area contributed by atoms with E-state index in [9.17, 15) is 14.9 Å². The maximum Gasteiger partial charge on any atom is 0.273 e. The molecule has 0 radical (unpaired) electrons. The van der Waals surface area contributed by atoms with Crippen molar-refractivity contribution in [3.63, 3.8) is 0 Å². The molecule has 0 aromatic heterocycles. The molecule has 7 nitrogen and oxygen atoms in total. The average molecular weight is 406 g/mol. The van der Waals surface area contributed by atoms with Crippen LogP contribution in [0.1, 0.15) is 17.2 Å². The number of methoxy groups -OCH3 is 1. The van der Waals surface area contributed by atoms with Crippen molar-refractivity contribution in [1.29, 1.82) is 0 Å². The summed E-state index contributed by atoms with van der Waals surface area (Å²) >= 11 is 0. The summed E-state index contributed by atoms with van der Waals surface area (Å²) < 4.78 is 10.8. The van der Waals surface area contributed by atoms with Crippen LogP contribution in [0.2, 0.25) is 0 Å². The number of hydrogen-bond acceptors (Lipinski definition) is 5. The fraction of sp³-hybridized carbons (Fsp3) is 0.174. The van der Waals surface area contributed by atoms with Gasteiger partial charge in [-0.05, 0) is 17.2 Å². The van der Waals surface area contributed by atoms with Crippen LogP contribution in [0.5, 0.6) is 11.5 Å². The van der Waals surface area contributed by atoms with Crippen LogP contribution >= 0.6 is 0 Å². The number of rotatable bonds is 8. The maximum atomic E-state index is 12.9. The third-order valence-electron chi connectivity index (χ3n) is 4.72. The van der Waals surface area contributed by atoms with E-state index in [4.69, 9.17) is 9.47 Å². The number of carbonyl (C=O) groups excluding carboxylic acids is 1. The molecule has 0 atom stereocenters. The van der Waals surface area contributed by atoms with Gasteiger partial charge in [-0.15, -0.1) is 0 Å². The van der Waals surface area contributed by atoms with Gasteiger partial charge in [0.25, 0.3) is 11.6 Å². The predicted molar refractivity (Wildman–Crippen MR) is 113 cm³/mol. The molecule has 1 amide bonds. The summed E-state index contributed by atoms with van der Waals surface area (Å²) in [6.45, 7) is -0.235. The number of nitrogens with zero attached hydrogens (tertiary/aromatic N) is 2. The van der Waals surface area contributed by atoms with Gasteiger partial charge in [0.1, 0.15) is 0 Å². The number of hydrogen-bond donors (Lipinski definition) is 0. The molecule has 0 aliphatic rings. The fourth-order valence-electron chi connectivity index (χ4n) is 3.18. The Morgan fingerprint density at radius 2 is 1.53 bits per heavy atom. The summed E-state index contributed by atoms with van der Waals surface area (Å²) in [7, 11) is 3.12. The first-order valence-corrected chi connectivity index (χ1v) is 9.32. The van der Waals surface area contributed by atoms with E-state index in [0.29, 0.717) is 0 Å². The first kappa shape index (κ1) is 20.9. The molecule has 0 fully saturated rings. The summed E-state index contributed by atoms with van der Waals surface area (Å²) in [6, 6.07) is 23.2. The van der Waals surface area contributed by atoms with Crippen molar-refractivity contribution in [3.8, 4) is 11.5 Å². The summed E-state index contributed by atoms with van der Waals surface area (Å²) in [5.74, 6) is 0.219. The number of non-ortho nitro benzene ring substituents is 1. The zero-order chi connectivity index (χ0) is 21.5. The molecule has 3 rings (SSSR count). The summed E-state index contributed by atoms with van der Waals surface area (Å²) in [5.41, 5.74) is 1.84. The lowest BCUT2D eigenvalue weighted by atomic mass is 9.97. The largest absolute Gasteiger partial charge is 0.493 e. The summed E-state index contributed by atoms with van der Waals surface area (Å²) in [5, 5.41) is 10.9. The third kappa shape index (κ3) is 4.75. The van der Waals surface area contributed by atoms with Crippen molar-refractivity contribution in [3.05, 3.63) is 100 Å². The first-order valence-electron chi connectivity index (χ1n) is 9.32. The minimum absolute atomic E-state index is 0.115. The normalized spacial score (nSPS) is 10.5. The van der Waals surface area contributed by atoms with E-state index in [0.717, 1.165) is 11.1 Å². The molecule has 0 unspecified atom stereocenters. The Morgan fingerprint density at radius 1 is 0.967 bits per heavy atom. The lowest BCUT2D eigenvalue weighted by Crippen LogP contribution is -2.35. The number of nitro groups is 1. The van der Waals surface area contributed by atoms with Gasteiger partial charge in [0.2, 0.25) is 0 Å². The molecular weight excluding hydrogens is 384 g/mol. The van der Waals surface area contributed by atoms with Crippen molar-refractivity contribution in [2.75, 3.05) is 20.8 Å². The average Bonchev–Trinajstić information content (AvgIpc) is 2.78. The van der Waals surface area contributed by atoms with Gasteiger partial charge < -0.3 is 14.4 Å². The van der Waals surface area contributed by atoms with E-state index < -0.39 is 4.92 Å². The second kappa shape index (κ2) is 9.56. The third-order valence-corrected chi connectivity index (χ3v) is 4.72. The van der Waals surface area contributed by atoms with Crippen LogP contribution in [0.15, 0.2) is 78.9 Å². The Balaban J connectivity index is 1.79. The Bertz CT molecular complexity index is 969. The van der Waals surface area contributed by atoms with Crippen molar-refractivity contribution in [2.45, 2.75) is 6.04 Å². The fourth-order valence-corrected chi connectivity index (χ4v) is 3.18. The summed E-state index contributed by atoms with van der Waals surface area (Å²) in [6.07, 6.45) is 0. The van der Waals surface area contributed by atoms with Gasteiger partial charge >= 0.3 is 0 Å². The molecule has 0 N–H and O–H groups in total. The second-order valence-electron chi connectivity index (χ2n) is 6.61. The van der Waals surface area contributed by atoms with Gasteiger partial charge in [-0.3, -0.25) is 14.9 Å². The van der Waals surface area contributed by atoms with Gasteiger partial charge in [0.05, 0.1) is 24.1 Å². The lowest BCUT2D eigenvalue weighted by Gasteiger charge is -2.29. The number of amides is 1. The second-order valence-corrected chi connectivity index (χ2v) is 6.61. The highest BCUT2D eigenvalue weighted by molar-refractivity contribution is 5.78. The zero-order valence-electron chi connectivity index (χ0n) is 16.7. The topological polar surface area (TPSA) is 81.9 Å². The minimum atomic E-state index is -0.518. The Labute approximate surface area is 174 Å². The van der Waals surface area contributed by atoms with Crippen LogP contribution in [-0.2, 0) is 4.79 Å². The molecule has 0 saturated carbocycles. The van der Waals surface area contributed by atoms with Crippen LogP contribution < -0.4 is 9.47 Å². The van der Waals surface area contributed by atoms with Gasteiger partial charge in [0.15, 0.2) is 18.1 Å². The molecule has 0 aliphatic heterocycles. The van der Waals surface area contributed by atoms with Crippen LogP contribution in [0.4, 0.5) is 5.69 Å².